The van der Waals surface area contributed by atoms with Gasteiger partial charge in [-0.25, -0.2) is 0 Å². The monoisotopic (exact) mass is 448 g/mol. The van der Waals surface area contributed by atoms with E-state index in [4.69, 9.17) is 5.73 Å². The molecule has 4 rings (SSSR count). The van der Waals surface area contributed by atoms with Crippen molar-refractivity contribution in [3.8, 4) is 0 Å². The van der Waals surface area contributed by atoms with Gasteiger partial charge in [0.15, 0.2) is 0 Å². The Morgan fingerprint density at radius 1 is 1.13 bits per heavy atom. The molecule has 160 valence electrons. The lowest BCUT2D eigenvalue weighted by atomic mass is 9.95. The SMILES string of the molecule is Cl.Cl.NCCNC(=O)C1CCCN(C(=O)c2cc3ccccc3c3cccnc23)C1. The summed E-state index contributed by atoms with van der Waals surface area (Å²) in [5.74, 6) is -0.279. The first-order valence-corrected chi connectivity index (χ1v) is 9.72. The maximum Gasteiger partial charge on any atom is 0.256 e. The summed E-state index contributed by atoms with van der Waals surface area (Å²) in [7, 11) is 0. The molecule has 3 N–H and O–H groups in total. The van der Waals surface area contributed by atoms with Crippen LogP contribution < -0.4 is 11.1 Å². The standard InChI is InChI=1S/C22H24N4O2.2ClH/c23-9-11-25-21(27)16-6-4-12-26(14-16)22(28)19-13-15-5-1-2-7-17(15)18-8-3-10-24-20(18)19;;/h1-3,5,7-8,10,13,16H,4,6,9,11-12,14,23H2,(H,25,27);2*1H. The summed E-state index contributed by atoms with van der Waals surface area (Å²) in [5, 5.41) is 5.91. The van der Waals surface area contributed by atoms with Crippen molar-refractivity contribution in [1.82, 2.24) is 15.2 Å². The number of aromatic nitrogens is 1. The van der Waals surface area contributed by atoms with Crippen LogP contribution in [0.5, 0.6) is 0 Å². The number of rotatable bonds is 4. The summed E-state index contributed by atoms with van der Waals surface area (Å²) in [6.07, 6.45) is 3.31. The number of nitrogens with one attached hydrogen (secondary N) is 1. The van der Waals surface area contributed by atoms with Crippen molar-refractivity contribution in [2.24, 2.45) is 11.7 Å². The summed E-state index contributed by atoms with van der Waals surface area (Å²) >= 11 is 0. The fraction of sp³-hybridized carbons (Fsp3) is 0.318. The van der Waals surface area contributed by atoms with Crippen molar-refractivity contribution in [2.45, 2.75) is 12.8 Å². The van der Waals surface area contributed by atoms with E-state index in [1.807, 2.05) is 42.5 Å². The molecule has 0 radical (unpaired) electrons. The number of benzene rings is 2. The molecule has 0 bridgehead atoms. The predicted octanol–water partition coefficient (Wildman–Crippen LogP) is 3.16. The van der Waals surface area contributed by atoms with Crippen molar-refractivity contribution >= 4 is 58.3 Å². The fourth-order valence-corrected chi connectivity index (χ4v) is 3.98. The maximum absolute atomic E-state index is 13.4. The molecular weight excluding hydrogens is 423 g/mol. The molecular formula is C22H26Cl2N4O2. The number of carbonyl (C=O) groups excluding carboxylic acids is 2. The van der Waals surface area contributed by atoms with E-state index >= 15 is 0 Å². The van der Waals surface area contributed by atoms with Crippen LogP contribution in [0, 0.1) is 5.92 Å². The first-order valence-electron chi connectivity index (χ1n) is 9.72. The Kier molecular flexibility index (Phi) is 8.41. The molecule has 1 saturated heterocycles. The average molecular weight is 449 g/mol. The molecule has 0 saturated carbocycles. The zero-order valence-electron chi connectivity index (χ0n) is 16.5. The normalized spacial score (nSPS) is 15.9. The van der Waals surface area contributed by atoms with E-state index in [0.717, 1.165) is 29.0 Å². The lowest BCUT2D eigenvalue weighted by molar-refractivity contribution is -0.126. The van der Waals surface area contributed by atoms with E-state index in [9.17, 15) is 9.59 Å². The Morgan fingerprint density at radius 3 is 2.70 bits per heavy atom. The van der Waals surface area contributed by atoms with Crippen LogP contribution in [0.3, 0.4) is 0 Å². The number of pyridine rings is 1. The van der Waals surface area contributed by atoms with Crippen molar-refractivity contribution in [1.29, 1.82) is 0 Å². The van der Waals surface area contributed by atoms with Gasteiger partial charge in [-0.05, 0) is 35.7 Å². The lowest BCUT2D eigenvalue weighted by Crippen LogP contribution is -2.46. The molecule has 1 unspecified atom stereocenters. The number of nitrogens with zero attached hydrogens (tertiary/aromatic N) is 2. The van der Waals surface area contributed by atoms with Crippen molar-refractivity contribution in [3.05, 3.63) is 54.2 Å². The molecule has 3 aromatic rings. The van der Waals surface area contributed by atoms with E-state index in [2.05, 4.69) is 10.3 Å². The number of hydrogen-bond acceptors (Lipinski definition) is 4. The van der Waals surface area contributed by atoms with E-state index in [0.29, 0.717) is 37.3 Å². The van der Waals surface area contributed by atoms with Gasteiger partial charge in [0.05, 0.1) is 17.0 Å². The summed E-state index contributed by atoms with van der Waals surface area (Å²) in [5.41, 5.74) is 6.77. The van der Waals surface area contributed by atoms with Gasteiger partial charge in [-0.1, -0.05) is 30.3 Å². The average Bonchev–Trinajstić information content (AvgIpc) is 2.76. The van der Waals surface area contributed by atoms with Gasteiger partial charge in [-0.2, -0.15) is 0 Å². The predicted molar refractivity (Wildman–Crippen MR) is 124 cm³/mol. The highest BCUT2D eigenvalue weighted by molar-refractivity contribution is 6.15. The number of piperidine rings is 1. The van der Waals surface area contributed by atoms with Crippen LogP contribution in [0.25, 0.3) is 21.7 Å². The molecule has 2 heterocycles. The second-order valence-corrected chi connectivity index (χ2v) is 7.21. The highest BCUT2D eigenvalue weighted by Crippen LogP contribution is 2.29. The van der Waals surface area contributed by atoms with Gasteiger partial charge in [0.1, 0.15) is 0 Å². The highest BCUT2D eigenvalue weighted by atomic mass is 35.5. The van der Waals surface area contributed by atoms with Crippen LogP contribution in [0.2, 0.25) is 0 Å². The zero-order valence-corrected chi connectivity index (χ0v) is 18.2. The number of nitrogens with two attached hydrogens (primary N) is 1. The molecule has 1 fully saturated rings. The van der Waals surface area contributed by atoms with Crippen LogP contribution in [-0.2, 0) is 4.79 Å². The lowest BCUT2D eigenvalue weighted by Gasteiger charge is -2.32. The molecule has 6 nitrogen and oxygen atoms in total. The van der Waals surface area contributed by atoms with E-state index < -0.39 is 0 Å². The summed E-state index contributed by atoms with van der Waals surface area (Å²) in [6.45, 7) is 1.95. The van der Waals surface area contributed by atoms with Gasteiger partial charge >= 0.3 is 0 Å². The number of likely N-dealkylation sites (tertiary alicyclic amines) is 1. The smallest absolute Gasteiger partial charge is 0.256 e. The van der Waals surface area contributed by atoms with Crippen molar-refractivity contribution in [2.75, 3.05) is 26.2 Å². The molecule has 1 aliphatic heterocycles. The molecule has 8 heteroatoms. The summed E-state index contributed by atoms with van der Waals surface area (Å²) in [4.78, 5) is 32.0. The minimum absolute atomic E-state index is 0. The maximum atomic E-state index is 13.4. The number of carbonyl (C=O) groups is 2. The minimum Gasteiger partial charge on any atom is -0.355 e. The molecule has 0 aliphatic carbocycles. The van der Waals surface area contributed by atoms with Gasteiger partial charge in [0, 0.05) is 37.8 Å². The van der Waals surface area contributed by atoms with Crippen LogP contribution in [-0.4, -0.2) is 47.9 Å². The zero-order chi connectivity index (χ0) is 19.5. The third kappa shape index (κ3) is 4.67. The van der Waals surface area contributed by atoms with Gasteiger partial charge in [0.2, 0.25) is 5.91 Å². The number of hydrogen-bond donors (Lipinski definition) is 2. The molecule has 2 aromatic carbocycles. The van der Waals surface area contributed by atoms with Crippen molar-refractivity contribution in [3.63, 3.8) is 0 Å². The molecule has 1 aliphatic rings. The van der Waals surface area contributed by atoms with Crippen LogP contribution >= 0.6 is 24.8 Å². The second kappa shape index (κ2) is 10.6. The molecule has 1 atom stereocenters. The number of fused-ring (bicyclic) bond motifs is 3. The second-order valence-electron chi connectivity index (χ2n) is 7.21. The molecule has 30 heavy (non-hydrogen) atoms. The van der Waals surface area contributed by atoms with Gasteiger partial charge in [-0.3, -0.25) is 14.6 Å². The summed E-state index contributed by atoms with van der Waals surface area (Å²) < 4.78 is 0. The summed E-state index contributed by atoms with van der Waals surface area (Å²) in [6, 6.07) is 13.8. The van der Waals surface area contributed by atoms with Gasteiger partial charge in [-0.15, -0.1) is 24.8 Å². The van der Waals surface area contributed by atoms with Crippen molar-refractivity contribution < 1.29 is 9.59 Å². The Bertz CT molecular complexity index is 1040. The molecule has 0 spiro atoms. The number of halogens is 2. The van der Waals surface area contributed by atoms with Gasteiger partial charge < -0.3 is 16.0 Å². The topological polar surface area (TPSA) is 88.3 Å². The highest BCUT2D eigenvalue weighted by Gasteiger charge is 2.29. The largest absolute Gasteiger partial charge is 0.355 e. The third-order valence-electron chi connectivity index (χ3n) is 5.37. The molecule has 1 aromatic heterocycles. The Labute approximate surface area is 188 Å². The van der Waals surface area contributed by atoms with E-state index in [-0.39, 0.29) is 42.5 Å². The Hall–Kier alpha value is -2.41. The first kappa shape index (κ1) is 23.9. The minimum atomic E-state index is -0.191. The van der Waals surface area contributed by atoms with Crippen LogP contribution in [0.15, 0.2) is 48.7 Å². The Morgan fingerprint density at radius 2 is 1.90 bits per heavy atom. The first-order chi connectivity index (χ1) is 13.7. The molecule has 2 amide bonds. The van der Waals surface area contributed by atoms with Gasteiger partial charge in [0.25, 0.3) is 5.91 Å². The van der Waals surface area contributed by atoms with E-state index in [1.165, 1.54) is 0 Å². The van der Waals surface area contributed by atoms with Crippen LogP contribution in [0.1, 0.15) is 23.2 Å². The third-order valence-corrected chi connectivity index (χ3v) is 5.37. The number of amides is 2. The quantitative estimate of drug-likeness (QED) is 0.599. The van der Waals surface area contributed by atoms with Crippen LogP contribution in [0.4, 0.5) is 0 Å². The van der Waals surface area contributed by atoms with E-state index in [1.54, 1.807) is 11.1 Å². The fourth-order valence-electron chi connectivity index (χ4n) is 3.98. The Balaban J connectivity index is 0.00000160.